The molecule has 2 nitrogen and oxygen atoms in total. The standard InChI is InChI=1S/C16H17BrO2S/c17-14-11-20-10-13(14)15(18)16(6-8-19-9-7-16)12-4-2-1-3-5-12/h1-5,10-11,15,18H,6-9H2. The molecule has 0 spiro atoms. The van der Waals surface area contributed by atoms with Gasteiger partial charge in [0.15, 0.2) is 0 Å². The number of rotatable bonds is 3. The van der Waals surface area contributed by atoms with Crippen LogP contribution in [0.5, 0.6) is 0 Å². The van der Waals surface area contributed by atoms with Crippen molar-refractivity contribution in [3.05, 3.63) is 56.7 Å². The van der Waals surface area contributed by atoms with Gasteiger partial charge in [0.2, 0.25) is 0 Å². The van der Waals surface area contributed by atoms with Crippen LogP contribution in [0.15, 0.2) is 45.6 Å². The van der Waals surface area contributed by atoms with Gasteiger partial charge in [-0.15, -0.1) is 0 Å². The van der Waals surface area contributed by atoms with Crippen molar-refractivity contribution in [2.24, 2.45) is 0 Å². The van der Waals surface area contributed by atoms with Gasteiger partial charge >= 0.3 is 0 Å². The Balaban J connectivity index is 2.04. The summed E-state index contributed by atoms with van der Waals surface area (Å²) in [6, 6.07) is 10.3. The van der Waals surface area contributed by atoms with Crippen molar-refractivity contribution in [2.75, 3.05) is 13.2 Å². The molecule has 1 aliphatic heterocycles. The highest BCUT2D eigenvalue weighted by atomic mass is 79.9. The number of hydrogen-bond donors (Lipinski definition) is 1. The maximum absolute atomic E-state index is 11.0. The minimum atomic E-state index is -0.505. The van der Waals surface area contributed by atoms with E-state index in [-0.39, 0.29) is 5.41 Å². The number of thiophene rings is 1. The highest BCUT2D eigenvalue weighted by molar-refractivity contribution is 9.10. The number of aliphatic hydroxyl groups is 1. The lowest BCUT2D eigenvalue weighted by Crippen LogP contribution is -2.39. The maximum atomic E-state index is 11.0. The third-order valence-corrected chi connectivity index (χ3v) is 5.95. The molecule has 106 valence electrons. The Morgan fingerprint density at radius 1 is 1.15 bits per heavy atom. The van der Waals surface area contributed by atoms with Crippen molar-refractivity contribution >= 4 is 27.3 Å². The van der Waals surface area contributed by atoms with E-state index in [1.807, 2.05) is 29.0 Å². The van der Waals surface area contributed by atoms with Crippen molar-refractivity contribution in [1.82, 2.24) is 0 Å². The Morgan fingerprint density at radius 2 is 1.85 bits per heavy atom. The summed E-state index contributed by atoms with van der Waals surface area (Å²) in [7, 11) is 0. The molecule has 1 unspecified atom stereocenters. The second kappa shape index (κ2) is 5.98. The smallest absolute Gasteiger partial charge is 0.0907 e. The van der Waals surface area contributed by atoms with E-state index in [9.17, 15) is 5.11 Å². The first kappa shape index (κ1) is 14.3. The van der Waals surface area contributed by atoms with Crippen molar-refractivity contribution in [3.8, 4) is 0 Å². The van der Waals surface area contributed by atoms with Crippen molar-refractivity contribution in [1.29, 1.82) is 0 Å². The van der Waals surface area contributed by atoms with Gasteiger partial charge in [0.25, 0.3) is 0 Å². The van der Waals surface area contributed by atoms with Crippen LogP contribution < -0.4 is 0 Å². The zero-order valence-corrected chi connectivity index (χ0v) is 13.5. The van der Waals surface area contributed by atoms with E-state index in [2.05, 4.69) is 28.1 Å². The molecular weight excluding hydrogens is 336 g/mol. The van der Waals surface area contributed by atoms with Crippen LogP contribution in [0.2, 0.25) is 0 Å². The monoisotopic (exact) mass is 352 g/mol. The Bertz CT molecular complexity index is 561. The molecule has 3 rings (SSSR count). The van der Waals surface area contributed by atoms with Crippen LogP contribution in [-0.4, -0.2) is 18.3 Å². The molecule has 1 N–H and O–H groups in total. The van der Waals surface area contributed by atoms with E-state index in [4.69, 9.17) is 4.74 Å². The minimum absolute atomic E-state index is 0.247. The molecule has 1 saturated heterocycles. The fourth-order valence-electron chi connectivity index (χ4n) is 3.01. The molecule has 2 heterocycles. The Kier molecular flexibility index (Phi) is 4.26. The number of hydrogen-bond acceptors (Lipinski definition) is 3. The summed E-state index contributed by atoms with van der Waals surface area (Å²) in [5.74, 6) is 0. The summed E-state index contributed by atoms with van der Waals surface area (Å²) in [6.45, 7) is 1.40. The van der Waals surface area contributed by atoms with E-state index >= 15 is 0 Å². The number of benzene rings is 1. The molecule has 1 fully saturated rings. The summed E-state index contributed by atoms with van der Waals surface area (Å²) >= 11 is 5.16. The third kappa shape index (κ3) is 2.46. The topological polar surface area (TPSA) is 29.5 Å². The van der Waals surface area contributed by atoms with Crippen molar-refractivity contribution < 1.29 is 9.84 Å². The predicted molar refractivity (Wildman–Crippen MR) is 85.2 cm³/mol. The lowest BCUT2D eigenvalue weighted by atomic mass is 9.68. The summed E-state index contributed by atoms with van der Waals surface area (Å²) < 4.78 is 6.52. The van der Waals surface area contributed by atoms with Crippen molar-refractivity contribution in [3.63, 3.8) is 0 Å². The second-order valence-electron chi connectivity index (χ2n) is 5.21. The Hall–Kier alpha value is -0.680. The molecule has 0 saturated carbocycles. The number of aliphatic hydroxyl groups excluding tert-OH is 1. The van der Waals surface area contributed by atoms with Crippen LogP contribution in [0.1, 0.15) is 30.1 Å². The zero-order valence-electron chi connectivity index (χ0n) is 11.1. The van der Waals surface area contributed by atoms with E-state index < -0.39 is 6.10 Å². The highest BCUT2D eigenvalue weighted by Gasteiger charge is 2.42. The van der Waals surface area contributed by atoms with Gasteiger partial charge < -0.3 is 9.84 Å². The molecule has 1 aromatic carbocycles. The maximum Gasteiger partial charge on any atom is 0.0907 e. The summed E-state index contributed by atoms with van der Waals surface area (Å²) in [5.41, 5.74) is 1.94. The molecule has 2 aromatic rings. The van der Waals surface area contributed by atoms with Crippen LogP contribution in [0.3, 0.4) is 0 Å². The van der Waals surface area contributed by atoms with E-state index in [0.29, 0.717) is 13.2 Å². The fourth-order valence-corrected chi connectivity index (χ4v) is 4.54. The van der Waals surface area contributed by atoms with Crippen LogP contribution >= 0.6 is 27.3 Å². The molecule has 0 amide bonds. The quantitative estimate of drug-likeness (QED) is 0.892. The number of ether oxygens (including phenoxy) is 1. The lowest BCUT2D eigenvalue weighted by Gasteiger charge is -2.41. The zero-order chi connectivity index (χ0) is 14.0. The molecule has 0 bridgehead atoms. The third-order valence-electron chi connectivity index (χ3n) is 4.19. The fraction of sp³-hybridized carbons (Fsp3) is 0.375. The highest BCUT2D eigenvalue weighted by Crippen LogP contribution is 2.47. The van der Waals surface area contributed by atoms with Gasteiger partial charge in [-0.3, -0.25) is 0 Å². The SMILES string of the molecule is OC(c1cscc1Br)C1(c2ccccc2)CCOCC1. The molecule has 1 aliphatic rings. The average Bonchev–Trinajstić information content (AvgIpc) is 2.94. The van der Waals surface area contributed by atoms with E-state index in [0.717, 1.165) is 22.9 Å². The minimum Gasteiger partial charge on any atom is -0.387 e. The van der Waals surface area contributed by atoms with Gasteiger partial charge in [-0.25, -0.2) is 0 Å². The largest absolute Gasteiger partial charge is 0.387 e. The van der Waals surface area contributed by atoms with Gasteiger partial charge in [0.1, 0.15) is 0 Å². The van der Waals surface area contributed by atoms with Gasteiger partial charge in [0, 0.05) is 34.0 Å². The summed E-state index contributed by atoms with van der Waals surface area (Å²) in [6.07, 6.45) is 1.19. The van der Waals surface area contributed by atoms with Gasteiger partial charge in [-0.2, -0.15) is 11.3 Å². The van der Waals surface area contributed by atoms with E-state index in [1.54, 1.807) is 11.3 Å². The lowest BCUT2D eigenvalue weighted by molar-refractivity contribution is -0.0171. The molecule has 1 aromatic heterocycles. The van der Waals surface area contributed by atoms with Crippen LogP contribution in [-0.2, 0) is 10.2 Å². The van der Waals surface area contributed by atoms with E-state index in [1.165, 1.54) is 5.56 Å². The van der Waals surface area contributed by atoms with Crippen LogP contribution in [0.25, 0.3) is 0 Å². The first-order valence-electron chi connectivity index (χ1n) is 6.77. The molecule has 0 radical (unpaired) electrons. The molecule has 20 heavy (non-hydrogen) atoms. The predicted octanol–water partition coefficient (Wildman–Crippen LogP) is 4.29. The normalized spacial score (nSPS) is 19.7. The summed E-state index contributed by atoms with van der Waals surface area (Å²) in [5, 5.41) is 15.1. The van der Waals surface area contributed by atoms with Gasteiger partial charge in [-0.05, 0) is 39.7 Å². The van der Waals surface area contributed by atoms with Crippen LogP contribution in [0, 0.1) is 0 Å². The molecular formula is C16H17BrO2S. The van der Waals surface area contributed by atoms with Gasteiger partial charge in [-0.1, -0.05) is 30.3 Å². The second-order valence-corrected chi connectivity index (χ2v) is 6.81. The van der Waals surface area contributed by atoms with Crippen LogP contribution in [0.4, 0.5) is 0 Å². The Morgan fingerprint density at radius 3 is 2.45 bits per heavy atom. The first-order chi connectivity index (χ1) is 9.74. The average molecular weight is 353 g/mol. The molecule has 4 heteroatoms. The van der Waals surface area contributed by atoms with Gasteiger partial charge in [0.05, 0.1) is 6.10 Å². The number of halogens is 1. The summed E-state index contributed by atoms with van der Waals surface area (Å²) in [4.78, 5) is 0. The van der Waals surface area contributed by atoms with Crippen molar-refractivity contribution in [2.45, 2.75) is 24.4 Å². The molecule has 1 atom stereocenters. The first-order valence-corrected chi connectivity index (χ1v) is 8.50. The Labute approximate surface area is 131 Å². The molecule has 0 aliphatic carbocycles.